The van der Waals surface area contributed by atoms with Gasteiger partial charge in [0, 0.05) is 6.54 Å². The Morgan fingerprint density at radius 3 is 2.33 bits per heavy atom. The number of hydrogen-bond donors (Lipinski definition) is 2. The molecule has 0 fully saturated rings. The fraction of sp³-hybridized carbons (Fsp3) is 0.692. The first-order valence-corrected chi connectivity index (χ1v) is 5.95. The highest BCUT2D eigenvalue weighted by molar-refractivity contribution is 4.84. The van der Waals surface area contributed by atoms with E-state index in [9.17, 15) is 5.11 Å². The van der Waals surface area contributed by atoms with Gasteiger partial charge in [-0.25, -0.2) is 0 Å². The molecule has 0 radical (unpaired) electrons. The lowest BCUT2D eigenvalue weighted by molar-refractivity contribution is 0.186. The van der Waals surface area contributed by atoms with Gasteiger partial charge in [0.1, 0.15) is 0 Å². The van der Waals surface area contributed by atoms with Crippen molar-refractivity contribution in [1.29, 1.82) is 0 Å². The van der Waals surface area contributed by atoms with Crippen molar-refractivity contribution in [1.82, 2.24) is 0 Å². The van der Waals surface area contributed by atoms with Crippen molar-refractivity contribution in [2.75, 3.05) is 6.54 Å². The van der Waals surface area contributed by atoms with Crippen molar-refractivity contribution in [3.8, 4) is 0 Å². The van der Waals surface area contributed by atoms with Gasteiger partial charge in [0.15, 0.2) is 0 Å². The van der Waals surface area contributed by atoms with Crippen molar-refractivity contribution >= 4 is 0 Å². The van der Waals surface area contributed by atoms with Crippen molar-refractivity contribution in [2.45, 2.75) is 51.0 Å². The molecule has 0 amide bonds. The van der Waals surface area contributed by atoms with Crippen molar-refractivity contribution in [3.05, 3.63) is 24.8 Å². The highest BCUT2D eigenvalue weighted by Crippen LogP contribution is 2.06. The Balaban J connectivity index is 3.12. The van der Waals surface area contributed by atoms with Crippen molar-refractivity contribution in [2.24, 2.45) is 5.73 Å². The fourth-order valence-electron chi connectivity index (χ4n) is 1.37. The zero-order valence-electron chi connectivity index (χ0n) is 9.70. The monoisotopic (exact) mass is 211 g/mol. The Morgan fingerprint density at radius 1 is 1.07 bits per heavy atom. The van der Waals surface area contributed by atoms with Gasteiger partial charge in [0.05, 0.1) is 6.10 Å². The topological polar surface area (TPSA) is 46.2 Å². The number of unbranched alkanes of at least 4 members (excludes halogenated alkanes) is 5. The van der Waals surface area contributed by atoms with Gasteiger partial charge >= 0.3 is 0 Å². The van der Waals surface area contributed by atoms with Gasteiger partial charge in [-0.15, -0.1) is 6.58 Å². The average Bonchev–Trinajstić information content (AvgIpc) is 2.26. The lowest BCUT2D eigenvalue weighted by Crippen LogP contribution is -2.18. The van der Waals surface area contributed by atoms with Crippen LogP contribution in [0.25, 0.3) is 0 Å². The minimum Gasteiger partial charge on any atom is -0.391 e. The molecule has 0 aliphatic rings. The molecule has 0 saturated carbocycles. The molecule has 0 aromatic carbocycles. The maximum Gasteiger partial charge on any atom is 0.0696 e. The predicted octanol–water partition coefficient (Wildman–Crippen LogP) is 2.78. The molecule has 3 N–H and O–H groups in total. The lowest BCUT2D eigenvalue weighted by atomic mass is 10.1. The molecular formula is C13H25NO. The second kappa shape index (κ2) is 11.5. The van der Waals surface area contributed by atoms with Crippen LogP contribution >= 0.6 is 0 Å². The number of aliphatic hydroxyl groups is 1. The quantitative estimate of drug-likeness (QED) is 0.431. The molecule has 0 aromatic heterocycles. The minimum absolute atomic E-state index is 0.353. The lowest BCUT2D eigenvalue weighted by Gasteiger charge is -2.01. The van der Waals surface area contributed by atoms with E-state index < -0.39 is 0 Å². The van der Waals surface area contributed by atoms with Crippen molar-refractivity contribution < 1.29 is 5.11 Å². The van der Waals surface area contributed by atoms with Crippen LogP contribution in [0, 0.1) is 0 Å². The van der Waals surface area contributed by atoms with Crippen LogP contribution in [0.2, 0.25) is 0 Å². The molecule has 2 nitrogen and oxygen atoms in total. The first kappa shape index (κ1) is 14.4. The maximum atomic E-state index is 9.17. The number of rotatable bonds is 10. The molecule has 1 atom stereocenters. The standard InChI is InChI=1S/C13H25NO/c1-2-3-4-5-6-7-8-9-10-11-13(15)12-14/h2,9-10,13,15H,1,3-8,11-12,14H2/b10-9+/t13-/m0/s1. The van der Waals surface area contributed by atoms with E-state index in [2.05, 4.69) is 12.7 Å². The van der Waals surface area contributed by atoms with Gasteiger partial charge in [-0.2, -0.15) is 0 Å². The molecule has 0 bridgehead atoms. The second-order valence-electron chi connectivity index (χ2n) is 3.88. The summed E-state index contributed by atoms with van der Waals surface area (Å²) in [5.41, 5.74) is 5.29. The molecule has 0 saturated heterocycles. The van der Waals surface area contributed by atoms with Crippen LogP contribution in [-0.4, -0.2) is 17.8 Å². The Labute approximate surface area is 93.9 Å². The Morgan fingerprint density at radius 2 is 1.73 bits per heavy atom. The Kier molecular flexibility index (Phi) is 11.0. The van der Waals surface area contributed by atoms with Crippen LogP contribution in [0.3, 0.4) is 0 Å². The van der Waals surface area contributed by atoms with Crippen LogP contribution in [-0.2, 0) is 0 Å². The third kappa shape index (κ3) is 11.3. The Bertz CT molecular complexity index is 166. The SMILES string of the molecule is C=CCCCCCC/C=C/C[C@H](O)CN. The molecule has 2 heteroatoms. The first-order valence-electron chi connectivity index (χ1n) is 5.95. The van der Waals surface area contributed by atoms with Crippen LogP contribution in [0.5, 0.6) is 0 Å². The summed E-state index contributed by atoms with van der Waals surface area (Å²) >= 11 is 0. The van der Waals surface area contributed by atoms with E-state index in [1.807, 2.05) is 12.2 Å². The molecule has 88 valence electrons. The molecule has 0 aromatic rings. The number of allylic oxidation sites excluding steroid dienone is 2. The van der Waals surface area contributed by atoms with Gasteiger partial charge in [-0.1, -0.05) is 31.1 Å². The second-order valence-corrected chi connectivity index (χ2v) is 3.88. The number of nitrogens with two attached hydrogens (primary N) is 1. The number of hydrogen-bond acceptors (Lipinski definition) is 2. The van der Waals surface area contributed by atoms with Crippen molar-refractivity contribution in [3.63, 3.8) is 0 Å². The van der Waals surface area contributed by atoms with Crippen LogP contribution in [0.15, 0.2) is 24.8 Å². The highest BCUT2D eigenvalue weighted by atomic mass is 16.3. The van der Waals surface area contributed by atoms with E-state index >= 15 is 0 Å². The Hall–Kier alpha value is -0.600. The molecule has 0 aliphatic heterocycles. The van der Waals surface area contributed by atoms with E-state index in [0.29, 0.717) is 13.0 Å². The maximum absolute atomic E-state index is 9.17. The summed E-state index contributed by atoms with van der Waals surface area (Å²) in [6.07, 6.45) is 13.8. The minimum atomic E-state index is -0.367. The van der Waals surface area contributed by atoms with Gasteiger partial charge in [-0.3, -0.25) is 0 Å². The van der Waals surface area contributed by atoms with Gasteiger partial charge < -0.3 is 10.8 Å². The van der Waals surface area contributed by atoms with E-state index in [1.165, 1.54) is 25.7 Å². The van der Waals surface area contributed by atoms with Gasteiger partial charge in [-0.05, 0) is 32.1 Å². The van der Waals surface area contributed by atoms with Crippen LogP contribution in [0.4, 0.5) is 0 Å². The first-order chi connectivity index (χ1) is 7.31. The fourth-order valence-corrected chi connectivity index (χ4v) is 1.37. The molecule has 0 aliphatic carbocycles. The predicted molar refractivity (Wildman–Crippen MR) is 66.7 cm³/mol. The van der Waals surface area contributed by atoms with E-state index in [4.69, 9.17) is 5.73 Å². The summed E-state index contributed by atoms with van der Waals surface area (Å²) in [4.78, 5) is 0. The molecule has 0 spiro atoms. The zero-order valence-corrected chi connectivity index (χ0v) is 9.70. The van der Waals surface area contributed by atoms with Crippen LogP contribution < -0.4 is 5.73 Å². The van der Waals surface area contributed by atoms with E-state index in [-0.39, 0.29) is 6.10 Å². The molecule has 0 heterocycles. The largest absolute Gasteiger partial charge is 0.391 e. The third-order valence-corrected chi connectivity index (χ3v) is 2.38. The normalized spacial score (nSPS) is 13.2. The zero-order chi connectivity index (χ0) is 11.4. The summed E-state index contributed by atoms with van der Waals surface area (Å²) < 4.78 is 0. The number of aliphatic hydroxyl groups excluding tert-OH is 1. The molecule has 15 heavy (non-hydrogen) atoms. The summed E-state index contributed by atoms with van der Waals surface area (Å²) in [6.45, 7) is 4.05. The van der Waals surface area contributed by atoms with E-state index in [1.54, 1.807) is 0 Å². The summed E-state index contributed by atoms with van der Waals surface area (Å²) in [6, 6.07) is 0. The molecule has 0 unspecified atom stereocenters. The highest BCUT2D eigenvalue weighted by Gasteiger charge is 1.95. The molecular weight excluding hydrogens is 186 g/mol. The summed E-state index contributed by atoms with van der Waals surface area (Å²) in [5.74, 6) is 0. The van der Waals surface area contributed by atoms with E-state index in [0.717, 1.165) is 12.8 Å². The third-order valence-electron chi connectivity index (χ3n) is 2.38. The van der Waals surface area contributed by atoms with Gasteiger partial charge in [0.2, 0.25) is 0 Å². The average molecular weight is 211 g/mol. The smallest absolute Gasteiger partial charge is 0.0696 e. The van der Waals surface area contributed by atoms with Crippen LogP contribution in [0.1, 0.15) is 44.9 Å². The summed E-state index contributed by atoms with van der Waals surface area (Å²) in [5, 5.41) is 9.17. The van der Waals surface area contributed by atoms with Gasteiger partial charge in [0.25, 0.3) is 0 Å². The summed E-state index contributed by atoms with van der Waals surface area (Å²) in [7, 11) is 0. The molecule has 0 rings (SSSR count).